The third-order valence-corrected chi connectivity index (χ3v) is 6.30. The molecule has 6 nitrogen and oxygen atoms in total. The first-order valence-electron chi connectivity index (χ1n) is 10.2. The number of rotatable bonds is 7. The summed E-state index contributed by atoms with van der Waals surface area (Å²) in [6, 6.07) is 5.60. The summed E-state index contributed by atoms with van der Waals surface area (Å²) in [5.74, 6) is -2.49. The molecule has 0 radical (unpaired) electrons. The van der Waals surface area contributed by atoms with Crippen molar-refractivity contribution in [3.05, 3.63) is 40.6 Å². The van der Waals surface area contributed by atoms with Crippen LogP contribution in [0.15, 0.2) is 35.7 Å². The monoisotopic (exact) mass is 470 g/mol. The van der Waals surface area contributed by atoms with Crippen LogP contribution in [0.25, 0.3) is 0 Å². The highest BCUT2D eigenvalue weighted by atomic mass is 32.1. The number of amides is 2. The fourth-order valence-electron chi connectivity index (χ4n) is 3.83. The summed E-state index contributed by atoms with van der Waals surface area (Å²) in [7, 11) is 2.68. The molecule has 1 N–H and O–H groups in total. The molecule has 0 bridgehead atoms. The summed E-state index contributed by atoms with van der Waals surface area (Å²) in [4.78, 5) is 26.8. The minimum absolute atomic E-state index is 0.0195. The third kappa shape index (κ3) is 5.35. The Labute approximate surface area is 188 Å². The standard InChI is InChI=1S/C22H25F3N2O4S/c1-30-15-10-11-16(17(13-15)31-2)27(21(29)22(23,24)25)19(18-9-6-12-32-18)20(28)26-14-7-4-3-5-8-14/h6,9-14,19H,3-5,7-8H2,1-2H3,(H,26,28)/t19-/m1/s1. The number of benzene rings is 1. The Bertz CT molecular complexity index is 928. The summed E-state index contributed by atoms with van der Waals surface area (Å²) in [6.07, 6.45) is -0.768. The molecule has 0 unspecified atom stereocenters. The van der Waals surface area contributed by atoms with Gasteiger partial charge in [0, 0.05) is 17.0 Å². The fourth-order valence-corrected chi connectivity index (χ4v) is 4.65. The SMILES string of the molecule is COc1ccc(N(C(=O)C(F)(F)F)[C@@H](C(=O)NC2CCCCC2)c2cccs2)c(OC)c1. The van der Waals surface area contributed by atoms with Gasteiger partial charge in [0.15, 0.2) is 6.04 Å². The quantitative estimate of drug-likeness (QED) is 0.628. The van der Waals surface area contributed by atoms with Gasteiger partial charge in [0.1, 0.15) is 11.5 Å². The minimum Gasteiger partial charge on any atom is -0.497 e. The lowest BCUT2D eigenvalue weighted by molar-refractivity contribution is -0.171. The van der Waals surface area contributed by atoms with Crippen molar-refractivity contribution >= 4 is 28.8 Å². The molecule has 3 rings (SSSR count). The van der Waals surface area contributed by atoms with E-state index < -0.39 is 24.0 Å². The summed E-state index contributed by atoms with van der Waals surface area (Å²) >= 11 is 1.11. The molecule has 1 aliphatic carbocycles. The zero-order valence-corrected chi connectivity index (χ0v) is 18.6. The Kier molecular flexibility index (Phi) is 7.65. The fraction of sp³-hybridized carbons (Fsp3) is 0.455. The van der Waals surface area contributed by atoms with E-state index in [0.717, 1.165) is 43.4 Å². The average molecular weight is 471 g/mol. The zero-order chi connectivity index (χ0) is 23.3. The normalized spacial score (nSPS) is 15.7. The molecule has 0 spiro atoms. The largest absolute Gasteiger partial charge is 0.497 e. The molecule has 0 aliphatic heterocycles. The van der Waals surface area contributed by atoms with E-state index in [2.05, 4.69) is 5.32 Å². The second-order valence-electron chi connectivity index (χ2n) is 7.47. The lowest BCUT2D eigenvalue weighted by Gasteiger charge is -2.33. The van der Waals surface area contributed by atoms with Gasteiger partial charge in [-0.15, -0.1) is 11.3 Å². The molecule has 2 amide bonds. The van der Waals surface area contributed by atoms with Crippen molar-refractivity contribution in [3.63, 3.8) is 0 Å². The number of halogens is 3. The second kappa shape index (κ2) is 10.2. The molecule has 1 aromatic heterocycles. The van der Waals surface area contributed by atoms with E-state index in [1.54, 1.807) is 17.5 Å². The van der Waals surface area contributed by atoms with E-state index in [1.165, 1.54) is 32.4 Å². The smallest absolute Gasteiger partial charge is 0.471 e. The lowest BCUT2D eigenvalue weighted by Crippen LogP contribution is -2.50. The molecule has 2 aromatic rings. The van der Waals surface area contributed by atoms with Crippen LogP contribution in [0.1, 0.15) is 43.0 Å². The van der Waals surface area contributed by atoms with E-state index in [0.29, 0.717) is 15.5 Å². The zero-order valence-electron chi connectivity index (χ0n) is 17.8. The van der Waals surface area contributed by atoms with Crippen LogP contribution in [-0.4, -0.2) is 38.3 Å². The number of hydrogen-bond acceptors (Lipinski definition) is 5. The van der Waals surface area contributed by atoms with Gasteiger partial charge in [-0.1, -0.05) is 25.3 Å². The number of nitrogens with zero attached hydrogens (tertiary/aromatic N) is 1. The highest BCUT2D eigenvalue weighted by Crippen LogP contribution is 2.40. The molecule has 1 fully saturated rings. The van der Waals surface area contributed by atoms with Crippen LogP contribution in [0, 0.1) is 0 Å². The molecule has 1 atom stereocenters. The van der Waals surface area contributed by atoms with Gasteiger partial charge >= 0.3 is 12.1 Å². The van der Waals surface area contributed by atoms with E-state index in [1.807, 2.05) is 0 Å². The molecule has 32 heavy (non-hydrogen) atoms. The maximum atomic E-state index is 13.7. The van der Waals surface area contributed by atoms with Crippen LogP contribution < -0.4 is 19.7 Å². The predicted molar refractivity (Wildman–Crippen MR) is 115 cm³/mol. The van der Waals surface area contributed by atoms with Crippen LogP contribution in [0.4, 0.5) is 18.9 Å². The number of carbonyl (C=O) groups is 2. The summed E-state index contributed by atoms with van der Waals surface area (Å²) in [5, 5.41) is 4.52. The molecular weight excluding hydrogens is 445 g/mol. The molecular formula is C22H25F3N2O4S. The Hall–Kier alpha value is -2.75. The second-order valence-corrected chi connectivity index (χ2v) is 8.45. The van der Waals surface area contributed by atoms with Crippen molar-refractivity contribution in [1.82, 2.24) is 5.32 Å². The van der Waals surface area contributed by atoms with E-state index in [-0.39, 0.29) is 17.5 Å². The summed E-state index contributed by atoms with van der Waals surface area (Å²) in [5.41, 5.74) is -0.173. The van der Waals surface area contributed by atoms with E-state index in [9.17, 15) is 22.8 Å². The van der Waals surface area contributed by atoms with Crippen LogP contribution >= 0.6 is 11.3 Å². The Morgan fingerprint density at radius 1 is 1.12 bits per heavy atom. The van der Waals surface area contributed by atoms with Crippen LogP contribution in [0.3, 0.4) is 0 Å². The molecule has 1 saturated carbocycles. The Balaban J connectivity index is 2.10. The third-order valence-electron chi connectivity index (χ3n) is 5.38. The predicted octanol–water partition coefficient (Wildman–Crippen LogP) is 4.85. The van der Waals surface area contributed by atoms with E-state index in [4.69, 9.17) is 9.47 Å². The molecule has 1 aromatic carbocycles. The highest BCUT2D eigenvalue weighted by molar-refractivity contribution is 7.10. The number of methoxy groups -OCH3 is 2. The van der Waals surface area contributed by atoms with Gasteiger partial charge < -0.3 is 14.8 Å². The molecule has 1 aliphatic rings. The van der Waals surface area contributed by atoms with Gasteiger partial charge in [-0.2, -0.15) is 13.2 Å². The first-order valence-corrected chi connectivity index (χ1v) is 11.1. The number of hydrogen-bond donors (Lipinski definition) is 1. The number of nitrogens with one attached hydrogen (secondary N) is 1. The van der Waals surface area contributed by atoms with Gasteiger partial charge in [-0.3, -0.25) is 14.5 Å². The molecule has 1 heterocycles. The van der Waals surface area contributed by atoms with Gasteiger partial charge in [0.2, 0.25) is 5.91 Å². The van der Waals surface area contributed by atoms with Crippen molar-refractivity contribution in [3.8, 4) is 11.5 Å². The number of anilines is 1. The molecule has 0 saturated heterocycles. The van der Waals surface area contributed by atoms with Gasteiger partial charge in [-0.05, 0) is 36.4 Å². The minimum atomic E-state index is -5.20. The maximum Gasteiger partial charge on any atom is 0.471 e. The highest BCUT2D eigenvalue weighted by Gasteiger charge is 2.48. The van der Waals surface area contributed by atoms with Crippen LogP contribution in [0.2, 0.25) is 0 Å². The van der Waals surface area contributed by atoms with Crippen molar-refractivity contribution < 1.29 is 32.2 Å². The number of thiophene rings is 1. The van der Waals surface area contributed by atoms with Crippen LogP contribution in [-0.2, 0) is 9.59 Å². The van der Waals surface area contributed by atoms with Crippen molar-refractivity contribution in [2.24, 2.45) is 0 Å². The Morgan fingerprint density at radius 2 is 1.84 bits per heavy atom. The van der Waals surface area contributed by atoms with Gasteiger partial charge in [0.05, 0.1) is 19.9 Å². The van der Waals surface area contributed by atoms with E-state index >= 15 is 0 Å². The molecule has 10 heteroatoms. The summed E-state index contributed by atoms with van der Waals surface area (Å²) < 4.78 is 51.5. The number of ether oxygens (including phenoxy) is 2. The van der Waals surface area contributed by atoms with Gasteiger partial charge in [0.25, 0.3) is 0 Å². The first-order chi connectivity index (χ1) is 15.3. The lowest BCUT2D eigenvalue weighted by atomic mass is 9.95. The Morgan fingerprint density at radius 3 is 2.41 bits per heavy atom. The number of alkyl halides is 3. The molecule has 174 valence electrons. The number of carbonyl (C=O) groups excluding carboxylic acids is 2. The van der Waals surface area contributed by atoms with Crippen molar-refractivity contribution in [2.75, 3.05) is 19.1 Å². The summed E-state index contributed by atoms with van der Waals surface area (Å²) in [6.45, 7) is 0. The topological polar surface area (TPSA) is 67.9 Å². The van der Waals surface area contributed by atoms with Crippen molar-refractivity contribution in [2.45, 2.75) is 50.4 Å². The first kappa shape index (κ1) is 23.9. The average Bonchev–Trinajstić information content (AvgIpc) is 3.30. The van der Waals surface area contributed by atoms with Gasteiger partial charge in [-0.25, -0.2) is 0 Å². The maximum absolute atomic E-state index is 13.7. The van der Waals surface area contributed by atoms with Crippen LogP contribution in [0.5, 0.6) is 11.5 Å². The van der Waals surface area contributed by atoms with Crippen molar-refractivity contribution in [1.29, 1.82) is 0 Å².